The van der Waals surface area contributed by atoms with Crippen LogP contribution in [0, 0.1) is 0 Å². The number of ether oxygens (including phenoxy) is 1. The summed E-state index contributed by atoms with van der Waals surface area (Å²) < 4.78 is 6.91. The molecule has 0 aliphatic rings. The predicted octanol–water partition coefficient (Wildman–Crippen LogP) is 0.621. The highest BCUT2D eigenvalue weighted by atomic mass is 16.5. The molecule has 0 saturated carbocycles. The Labute approximate surface area is 105 Å². The molecule has 2 N–H and O–H groups in total. The van der Waals surface area contributed by atoms with E-state index < -0.39 is 23.6 Å². The van der Waals surface area contributed by atoms with Crippen molar-refractivity contribution in [1.82, 2.24) is 9.55 Å². The fourth-order valence-corrected chi connectivity index (χ4v) is 1.72. The van der Waals surface area contributed by atoms with Gasteiger partial charge >= 0.3 is 5.69 Å². The highest BCUT2D eigenvalue weighted by molar-refractivity contribution is 4.85. The van der Waals surface area contributed by atoms with Crippen molar-refractivity contribution < 1.29 is 9.84 Å². The predicted molar refractivity (Wildman–Crippen MR) is 67.5 cm³/mol. The Morgan fingerprint density at radius 3 is 2.44 bits per heavy atom. The molecule has 0 bridgehead atoms. The number of nitrogens with zero attached hydrogens (tertiary/aromatic N) is 1. The smallest absolute Gasteiger partial charge is 0.330 e. The molecule has 6 nitrogen and oxygen atoms in total. The molecule has 18 heavy (non-hydrogen) atoms. The van der Waals surface area contributed by atoms with Gasteiger partial charge < -0.3 is 9.84 Å². The molecule has 1 aromatic rings. The van der Waals surface area contributed by atoms with Gasteiger partial charge in [-0.25, -0.2) is 4.79 Å². The molecule has 0 aliphatic carbocycles. The molecule has 102 valence electrons. The number of hydrogen-bond acceptors (Lipinski definition) is 4. The Balaban J connectivity index is 3.05. The van der Waals surface area contributed by atoms with Crippen LogP contribution in [0.2, 0.25) is 0 Å². The van der Waals surface area contributed by atoms with Gasteiger partial charge in [0.25, 0.3) is 5.56 Å². The lowest BCUT2D eigenvalue weighted by Gasteiger charge is -2.26. The summed E-state index contributed by atoms with van der Waals surface area (Å²) in [4.78, 5) is 24.8. The van der Waals surface area contributed by atoms with Gasteiger partial charge in [-0.3, -0.25) is 14.3 Å². The van der Waals surface area contributed by atoms with Crippen molar-refractivity contribution in [3.63, 3.8) is 0 Å². The van der Waals surface area contributed by atoms with E-state index >= 15 is 0 Å². The van der Waals surface area contributed by atoms with E-state index in [4.69, 9.17) is 4.74 Å². The summed E-state index contributed by atoms with van der Waals surface area (Å²) in [5.74, 6) is 0. The van der Waals surface area contributed by atoms with E-state index in [1.165, 1.54) is 16.8 Å². The zero-order valence-electron chi connectivity index (χ0n) is 10.9. The number of rotatable bonds is 6. The first-order valence-electron chi connectivity index (χ1n) is 6.14. The van der Waals surface area contributed by atoms with E-state index in [-0.39, 0.29) is 6.10 Å². The maximum absolute atomic E-state index is 11.7. The maximum atomic E-state index is 11.7. The molecular formula is C12H20N2O4. The highest BCUT2D eigenvalue weighted by Gasteiger charge is 2.22. The van der Waals surface area contributed by atoms with Crippen molar-refractivity contribution in [2.75, 3.05) is 0 Å². The summed E-state index contributed by atoms with van der Waals surface area (Å²) in [7, 11) is 0. The zero-order chi connectivity index (χ0) is 13.7. The van der Waals surface area contributed by atoms with Crippen LogP contribution in [0.3, 0.4) is 0 Å². The molecule has 0 amide bonds. The Hall–Kier alpha value is -1.40. The fraction of sp³-hybridized carbons (Fsp3) is 0.667. The third-order valence-corrected chi connectivity index (χ3v) is 2.78. The molecule has 1 aromatic heterocycles. The largest absolute Gasteiger partial charge is 0.389 e. The van der Waals surface area contributed by atoms with E-state index in [1.54, 1.807) is 6.92 Å². The molecule has 1 rings (SSSR count). The number of hydrogen-bond donors (Lipinski definition) is 2. The van der Waals surface area contributed by atoms with E-state index in [2.05, 4.69) is 4.98 Å². The van der Waals surface area contributed by atoms with Crippen LogP contribution in [-0.2, 0) is 4.74 Å². The number of aromatic amines is 1. The SMILES string of the molecule is CCC(CC)OC([C@H](C)O)n1ccc(=O)[nH]c1=O. The Bertz CT molecular complexity index is 473. The van der Waals surface area contributed by atoms with Crippen LogP contribution in [0.1, 0.15) is 39.8 Å². The van der Waals surface area contributed by atoms with Crippen LogP contribution in [0.15, 0.2) is 21.9 Å². The van der Waals surface area contributed by atoms with Crippen LogP contribution in [0.5, 0.6) is 0 Å². The summed E-state index contributed by atoms with van der Waals surface area (Å²) >= 11 is 0. The van der Waals surface area contributed by atoms with E-state index in [9.17, 15) is 14.7 Å². The Morgan fingerprint density at radius 2 is 2.00 bits per heavy atom. The molecule has 1 heterocycles. The second-order valence-corrected chi connectivity index (χ2v) is 4.22. The maximum Gasteiger partial charge on any atom is 0.330 e. The number of H-pyrrole nitrogens is 1. The Morgan fingerprint density at radius 1 is 1.39 bits per heavy atom. The minimum absolute atomic E-state index is 0.0385. The van der Waals surface area contributed by atoms with Crippen LogP contribution < -0.4 is 11.2 Å². The van der Waals surface area contributed by atoms with Gasteiger partial charge in [0.15, 0.2) is 6.23 Å². The minimum Gasteiger partial charge on any atom is -0.389 e. The normalized spacial score (nSPS) is 14.7. The first-order valence-corrected chi connectivity index (χ1v) is 6.14. The van der Waals surface area contributed by atoms with Gasteiger partial charge in [0, 0.05) is 12.3 Å². The van der Waals surface area contributed by atoms with Crippen molar-refractivity contribution in [1.29, 1.82) is 0 Å². The van der Waals surface area contributed by atoms with Crippen molar-refractivity contribution in [2.45, 2.75) is 52.0 Å². The molecule has 0 aliphatic heterocycles. The van der Waals surface area contributed by atoms with Gasteiger partial charge in [0.1, 0.15) is 0 Å². The van der Waals surface area contributed by atoms with Crippen molar-refractivity contribution >= 4 is 0 Å². The minimum atomic E-state index is -0.853. The number of nitrogens with one attached hydrogen (secondary N) is 1. The van der Waals surface area contributed by atoms with E-state index in [0.29, 0.717) is 0 Å². The summed E-state index contributed by atoms with van der Waals surface area (Å²) in [6.45, 7) is 5.50. The number of aromatic nitrogens is 2. The van der Waals surface area contributed by atoms with Gasteiger partial charge in [0.2, 0.25) is 0 Å². The summed E-state index contributed by atoms with van der Waals surface area (Å²) in [5.41, 5.74) is -1.05. The zero-order valence-corrected chi connectivity index (χ0v) is 10.9. The average molecular weight is 256 g/mol. The average Bonchev–Trinajstić information content (AvgIpc) is 2.32. The van der Waals surface area contributed by atoms with E-state index in [0.717, 1.165) is 12.8 Å². The molecular weight excluding hydrogens is 236 g/mol. The summed E-state index contributed by atoms with van der Waals surface area (Å²) in [5, 5.41) is 9.72. The lowest BCUT2D eigenvalue weighted by molar-refractivity contribution is -0.115. The van der Waals surface area contributed by atoms with Crippen molar-refractivity contribution in [2.24, 2.45) is 0 Å². The van der Waals surface area contributed by atoms with Crippen molar-refractivity contribution in [3.05, 3.63) is 33.1 Å². The highest BCUT2D eigenvalue weighted by Crippen LogP contribution is 2.17. The Kier molecular flexibility index (Phi) is 5.30. The van der Waals surface area contributed by atoms with Crippen LogP contribution in [0.25, 0.3) is 0 Å². The van der Waals surface area contributed by atoms with Crippen LogP contribution in [0.4, 0.5) is 0 Å². The number of aliphatic hydroxyl groups is 1. The topological polar surface area (TPSA) is 84.3 Å². The molecule has 0 spiro atoms. The monoisotopic (exact) mass is 256 g/mol. The standard InChI is InChI=1S/C12H20N2O4/c1-4-9(5-2)18-11(8(3)15)14-7-6-10(16)13-12(14)17/h6-9,11,15H,4-5H2,1-3H3,(H,13,16,17)/t8-,11?/m0/s1. The van der Waals surface area contributed by atoms with Gasteiger partial charge in [-0.05, 0) is 19.8 Å². The first kappa shape index (κ1) is 14.7. The lowest BCUT2D eigenvalue weighted by Crippen LogP contribution is -2.38. The van der Waals surface area contributed by atoms with Crippen molar-refractivity contribution in [3.8, 4) is 0 Å². The molecule has 6 heteroatoms. The lowest BCUT2D eigenvalue weighted by atomic mass is 10.2. The molecule has 1 unspecified atom stereocenters. The third kappa shape index (κ3) is 3.54. The van der Waals surface area contributed by atoms with Gasteiger partial charge in [-0.15, -0.1) is 0 Å². The molecule has 0 fully saturated rings. The number of aliphatic hydroxyl groups excluding tert-OH is 1. The van der Waals surface area contributed by atoms with Gasteiger partial charge in [0.05, 0.1) is 12.2 Å². The second kappa shape index (κ2) is 6.51. The molecule has 2 atom stereocenters. The van der Waals surface area contributed by atoms with E-state index in [1.807, 2.05) is 13.8 Å². The second-order valence-electron chi connectivity index (χ2n) is 4.22. The summed E-state index contributed by atoms with van der Waals surface area (Å²) in [6.07, 6.45) is 1.23. The molecule has 0 saturated heterocycles. The van der Waals surface area contributed by atoms with Gasteiger partial charge in [-0.2, -0.15) is 0 Å². The third-order valence-electron chi connectivity index (χ3n) is 2.78. The van der Waals surface area contributed by atoms with Crippen LogP contribution >= 0.6 is 0 Å². The first-order chi connectivity index (χ1) is 8.49. The quantitative estimate of drug-likeness (QED) is 0.781. The summed E-state index contributed by atoms with van der Waals surface area (Å²) in [6, 6.07) is 1.23. The fourth-order valence-electron chi connectivity index (χ4n) is 1.72. The molecule has 0 radical (unpaired) electrons. The van der Waals surface area contributed by atoms with Gasteiger partial charge in [-0.1, -0.05) is 13.8 Å². The molecule has 0 aromatic carbocycles. The van der Waals surface area contributed by atoms with Crippen LogP contribution in [-0.4, -0.2) is 26.9 Å².